The van der Waals surface area contributed by atoms with Crippen LogP contribution in [0.25, 0.3) is 0 Å². The molecule has 136 valence electrons. The van der Waals surface area contributed by atoms with Crippen LogP contribution in [0, 0.1) is 10.8 Å². The van der Waals surface area contributed by atoms with Crippen LogP contribution in [0.15, 0.2) is 9.98 Å². The van der Waals surface area contributed by atoms with E-state index in [1.807, 2.05) is 0 Å². The smallest absolute Gasteiger partial charge is 0.394 e. The van der Waals surface area contributed by atoms with Gasteiger partial charge in [-0.1, -0.05) is 0 Å². The van der Waals surface area contributed by atoms with Crippen molar-refractivity contribution in [1.29, 1.82) is 10.8 Å². The van der Waals surface area contributed by atoms with E-state index in [-0.39, 0.29) is 24.1 Å². The van der Waals surface area contributed by atoms with E-state index in [0.717, 1.165) is 0 Å². The molecule has 0 saturated carbocycles. The molecule has 15 heteroatoms. The summed E-state index contributed by atoms with van der Waals surface area (Å²) in [4.78, 5) is 6.69. The first-order valence-corrected chi connectivity index (χ1v) is 6.52. The van der Waals surface area contributed by atoms with Gasteiger partial charge in [-0.05, 0) is 0 Å². The van der Waals surface area contributed by atoms with Gasteiger partial charge in [0.1, 0.15) is 0 Å². The van der Waals surface area contributed by atoms with Gasteiger partial charge in [0.05, 0.1) is 28.4 Å². The van der Waals surface area contributed by atoms with Crippen molar-refractivity contribution in [3.8, 4) is 0 Å². The molecular weight excluding hydrogens is 340 g/mol. The Labute approximate surface area is 132 Å². The van der Waals surface area contributed by atoms with Crippen molar-refractivity contribution < 1.29 is 36.5 Å². The minimum atomic E-state index is -4.67. The van der Waals surface area contributed by atoms with Crippen LogP contribution in [0.5, 0.6) is 0 Å². The molecule has 0 rings (SSSR count). The summed E-state index contributed by atoms with van der Waals surface area (Å²) in [6.07, 6.45) is 0. The minimum absolute atomic E-state index is 0.0816. The Hall–Kier alpha value is -2.65. The van der Waals surface area contributed by atoms with E-state index in [4.69, 9.17) is 39.8 Å². The summed E-state index contributed by atoms with van der Waals surface area (Å²) in [5.74, 6) is 0. The lowest BCUT2D eigenvalue weighted by Gasteiger charge is -1.96. The highest BCUT2D eigenvalue weighted by molar-refractivity contribution is 7.79. The second-order valence-corrected chi connectivity index (χ2v) is 3.67. The summed E-state index contributed by atoms with van der Waals surface area (Å²) < 4.78 is 49.2. The highest BCUT2D eigenvalue weighted by Crippen LogP contribution is 1.77. The number of aliphatic imine (C=N–C) groups is 2. The normalized spacial score (nSPS) is 10.9. The van der Waals surface area contributed by atoms with E-state index in [0.29, 0.717) is 0 Å². The molecule has 0 fully saturated rings. The molecule has 0 bridgehead atoms. The van der Waals surface area contributed by atoms with Gasteiger partial charge < -0.3 is 30.4 Å². The molecule has 0 aromatic heterocycles. The number of hydrogen-bond donors (Lipinski definition) is 6. The summed E-state index contributed by atoms with van der Waals surface area (Å²) in [6.45, 7) is 0. The molecule has 0 aliphatic carbocycles. The van der Waals surface area contributed by atoms with E-state index in [1.54, 1.807) is 0 Å². The van der Waals surface area contributed by atoms with Gasteiger partial charge in [-0.15, -0.1) is 9.98 Å². The molecule has 0 aliphatic heterocycles. The molecule has 0 radical (unpaired) electrons. The molecule has 0 atom stereocenters. The van der Waals surface area contributed by atoms with Crippen LogP contribution >= 0.6 is 0 Å². The summed E-state index contributed by atoms with van der Waals surface area (Å²) in [7, 11) is 0.715. The highest BCUT2D eigenvalue weighted by Gasteiger charge is 1.91. The Kier molecular flexibility index (Phi) is 15.7. The van der Waals surface area contributed by atoms with Gasteiger partial charge in [-0.25, -0.2) is 10.8 Å². The lowest BCUT2D eigenvalue weighted by Crippen LogP contribution is -2.16. The quantitative estimate of drug-likeness (QED) is 0.164. The third kappa shape index (κ3) is 32.7. The number of nitrogens with one attached hydrogen (secondary N) is 2. The average Bonchev–Trinajstić information content (AvgIpc) is 2.45. The fraction of sp³-hybridized carbons (Fsp3) is 0.500. The minimum Gasteiger partial charge on any atom is -0.468 e. The highest BCUT2D eigenvalue weighted by atomic mass is 32.3. The molecule has 14 nitrogen and oxygen atoms in total. The largest absolute Gasteiger partial charge is 0.468 e. The second kappa shape index (κ2) is 14.3. The number of amidine groups is 4. The fourth-order valence-corrected chi connectivity index (χ4v) is 0.383. The van der Waals surface area contributed by atoms with Crippen LogP contribution < -0.4 is 11.5 Å². The van der Waals surface area contributed by atoms with Gasteiger partial charge in [-0.2, -0.15) is 8.42 Å². The van der Waals surface area contributed by atoms with Crippen LogP contribution in [-0.4, -0.2) is 70.0 Å². The topological polar surface area (TPSA) is 236 Å². The van der Waals surface area contributed by atoms with E-state index in [2.05, 4.69) is 28.9 Å². The molecule has 0 aromatic carbocycles. The maximum absolute atomic E-state index is 8.74. The lowest BCUT2D eigenvalue weighted by molar-refractivity contribution is 0.377. The number of hydrogen-bond acceptors (Lipinski definition) is 8. The Morgan fingerprint density at radius 3 is 1.17 bits per heavy atom. The molecule has 0 aromatic rings. The van der Waals surface area contributed by atoms with Gasteiger partial charge in [0.25, 0.3) is 12.0 Å². The van der Waals surface area contributed by atoms with Crippen molar-refractivity contribution in [3.63, 3.8) is 0 Å². The SMILES string of the molecule is COC(=N)N=C(N)OC.COC(=N)N=C(N)OC.O=S(=O)(O)O. The Bertz CT molecular complexity index is 477. The van der Waals surface area contributed by atoms with Crippen molar-refractivity contribution in [2.45, 2.75) is 0 Å². The van der Waals surface area contributed by atoms with Crippen LogP contribution in [0.4, 0.5) is 0 Å². The maximum atomic E-state index is 8.74. The zero-order valence-electron chi connectivity index (χ0n) is 12.8. The molecule has 0 amide bonds. The van der Waals surface area contributed by atoms with Crippen molar-refractivity contribution in [1.82, 2.24) is 0 Å². The summed E-state index contributed by atoms with van der Waals surface area (Å²) in [5, 5.41) is 13.6. The molecule has 8 N–H and O–H groups in total. The first kappa shape index (κ1) is 25.3. The Balaban J connectivity index is -0.000000273. The van der Waals surface area contributed by atoms with Crippen molar-refractivity contribution in [2.24, 2.45) is 21.5 Å². The molecule has 23 heavy (non-hydrogen) atoms. The number of nitrogens with two attached hydrogens (primary N) is 2. The predicted molar refractivity (Wildman–Crippen MR) is 80.9 cm³/mol. The number of nitrogens with zero attached hydrogens (tertiary/aromatic N) is 2. The number of rotatable bonds is 0. The number of ether oxygens (including phenoxy) is 4. The molecule has 0 heterocycles. The summed E-state index contributed by atoms with van der Waals surface area (Å²) in [6, 6.07) is -0.701. The number of methoxy groups -OCH3 is 4. The summed E-state index contributed by atoms with van der Waals surface area (Å²) in [5.41, 5.74) is 10.1. The van der Waals surface area contributed by atoms with Gasteiger partial charge in [0.15, 0.2) is 0 Å². The van der Waals surface area contributed by atoms with Crippen molar-refractivity contribution in [3.05, 3.63) is 0 Å². The van der Waals surface area contributed by atoms with Gasteiger partial charge in [0.2, 0.25) is 0 Å². The molecule has 0 unspecified atom stereocenters. The van der Waals surface area contributed by atoms with E-state index in [9.17, 15) is 0 Å². The average molecular weight is 360 g/mol. The zero-order valence-corrected chi connectivity index (χ0v) is 13.6. The van der Waals surface area contributed by atoms with Crippen LogP contribution in [0.3, 0.4) is 0 Å². The standard InChI is InChI=1S/2C4H9N3O2.H2O4S/c2*1-8-3(5)7-4(6)9-2;1-5(2,3)4/h2*1-2H3,(H3,5,6,7);(H2,1,2,3,4). The lowest BCUT2D eigenvalue weighted by atomic mass is 11.0. The Morgan fingerprint density at radius 2 is 1.04 bits per heavy atom. The first-order valence-electron chi connectivity index (χ1n) is 5.12. The van der Waals surface area contributed by atoms with Gasteiger partial charge in [-0.3, -0.25) is 9.11 Å². The van der Waals surface area contributed by atoms with E-state index < -0.39 is 10.4 Å². The second-order valence-electron chi connectivity index (χ2n) is 2.77. The molecule has 0 saturated heterocycles. The van der Waals surface area contributed by atoms with Crippen molar-refractivity contribution >= 4 is 34.5 Å². The van der Waals surface area contributed by atoms with E-state index in [1.165, 1.54) is 28.4 Å². The van der Waals surface area contributed by atoms with Crippen LogP contribution in [-0.2, 0) is 29.3 Å². The van der Waals surface area contributed by atoms with Crippen LogP contribution in [0.2, 0.25) is 0 Å². The molecule has 0 spiro atoms. The van der Waals surface area contributed by atoms with Crippen molar-refractivity contribution in [2.75, 3.05) is 28.4 Å². The zero-order chi connectivity index (χ0) is 19.1. The van der Waals surface area contributed by atoms with E-state index >= 15 is 0 Å². The third-order valence-electron chi connectivity index (χ3n) is 1.23. The first-order chi connectivity index (χ1) is 10.4. The summed E-state index contributed by atoms with van der Waals surface area (Å²) >= 11 is 0. The molecule has 0 aliphatic rings. The molecular formula is C8H20N6O8S. The van der Waals surface area contributed by atoms with Gasteiger partial charge >= 0.3 is 22.4 Å². The van der Waals surface area contributed by atoms with Crippen LogP contribution in [0.1, 0.15) is 0 Å². The third-order valence-corrected chi connectivity index (χ3v) is 1.23. The monoisotopic (exact) mass is 360 g/mol. The van der Waals surface area contributed by atoms with Gasteiger partial charge in [0, 0.05) is 0 Å². The fourth-order valence-electron chi connectivity index (χ4n) is 0.383. The predicted octanol–water partition coefficient (Wildman–Crippen LogP) is -1.60. The Morgan fingerprint density at radius 1 is 0.826 bits per heavy atom. The maximum Gasteiger partial charge on any atom is 0.394 e.